The molecule has 0 atom stereocenters. The Bertz CT molecular complexity index is 751. The lowest BCUT2D eigenvalue weighted by Crippen LogP contribution is -2.00. The maximum atomic E-state index is 11.3. The van der Waals surface area contributed by atoms with Gasteiger partial charge < -0.3 is 10.5 Å². The van der Waals surface area contributed by atoms with Gasteiger partial charge in [0.1, 0.15) is 0 Å². The SMILES string of the molecule is COC(=O)c1ccc(C#CC#Cc2ccc(N)cc2)cc1. The molecule has 0 saturated heterocycles. The first-order valence-corrected chi connectivity index (χ1v) is 6.25. The molecule has 0 aromatic heterocycles. The van der Waals surface area contributed by atoms with Crippen molar-refractivity contribution in [3.05, 3.63) is 65.2 Å². The van der Waals surface area contributed by atoms with E-state index < -0.39 is 0 Å². The second-order valence-corrected chi connectivity index (χ2v) is 4.19. The molecule has 0 amide bonds. The fourth-order valence-corrected chi connectivity index (χ4v) is 1.58. The summed E-state index contributed by atoms with van der Waals surface area (Å²) < 4.78 is 4.63. The van der Waals surface area contributed by atoms with Crippen LogP contribution < -0.4 is 5.73 Å². The molecule has 2 rings (SSSR count). The van der Waals surface area contributed by atoms with Gasteiger partial charge in [-0.3, -0.25) is 0 Å². The van der Waals surface area contributed by atoms with Gasteiger partial charge in [0.2, 0.25) is 0 Å². The number of hydrogen-bond donors (Lipinski definition) is 1. The molecule has 0 bridgehead atoms. The molecule has 3 heteroatoms. The minimum atomic E-state index is -0.363. The third kappa shape index (κ3) is 4.16. The van der Waals surface area contributed by atoms with Gasteiger partial charge in [-0.1, -0.05) is 11.8 Å². The Labute approximate surface area is 123 Å². The predicted molar refractivity (Wildman–Crippen MR) is 82.4 cm³/mol. The first-order chi connectivity index (χ1) is 10.2. The fraction of sp³-hybridized carbons (Fsp3) is 0.0556. The van der Waals surface area contributed by atoms with Crippen molar-refractivity contribution in [3.63, 3.8) is 0 Å². The highest BCUT2D eigenvalue weighted by Crippen LogP contribution is 2.05. The minimum absolute atomic E-state index is 0.363. The Morgan fingerprint density at radius 2 is 1.38 bits per heavy atom. The highest BCUT2D eigenvalue weighted by molar-refractivity contribution is 5.89. The number of anilines is 1. The summed E-state index contributed by atoms with van der Waals surface area (Å²) in [5.74, 6) is 11.0. The van der Waals surface area contributed by atoms with Crippen LogP contribution in [0.25, 0.3) is 0 Å². The Balaban J connectivity index is 2.06. The van der Waals surface area contributed by atoms with Gasteiger partial charge in [0.25, 0.3) is 0 Å². The molecule has 102 valence electrons. The van der Waals surface area contributed by atoms with E-state index in [2.05, 4.69) is 28.4 Å². The number of nitrogens with two attached hydrogens (primary N) is 1. The van der Waals surface area contributed by atoms with Crippen molar-refractivity contribution in [3.8, 4) is 23.7 Å². The smallest absolute Gasteiger partial charge is 0.337 e. The standard InChI is InChI=1S/C18H13NO2/c1-21-18(20)16-10-6-14(7-11-16)4-2-3-5-15-8-12-17(19)13-9-15/h6-13H,19H2,1H3. The second-order valence-electron chi connectivity index (χ2n) is 4.19. The van der Waals surface area contributed by atoms with Gasteiger partial charge in [0, 0.05) is 16.8 Å². The van der Waals surface area contributed by atoms with Gasteiger partial charge in [-0.25, -0.2) is 4.79 Å². The average molecular weight is 275 g/mol. The molecular formula is C18H13NO2. The zero-order chi connectivity index (χ0) is 15.1. The fourth-order valence-electron chi connectivity index (χ4n) is 1.58. The van der Waals surface area contributed by atoms with Crippen molar-refractivity contribution in [1.82, 2.24) is 0 Å². The zero-order valence-corrected chi connectivity index (χ0v) is 11.5. The molecule has 0 saturated carbocycles. The van der Waals surface area contributed by atoms with Crippen LogP contribution in [0, 0.1) is 23.7 Å². The van der Waals surface area contributed by atoms with Crippen LogP contribution in [0.5, 0.6) is 0 Å². The van der Waals surface area contributed by atoms with E-state index >= 15 is 0 Å². The third-order valence-electron chi connectivity index (χ3n) is 2.69. The number of hydrogen-bond acceptors (Lipinski definition) is 3. The number of methoxy groups -OCH3 is 1. The first-order valence-electron chi connectivity index (χ1n) is 6.25. The van der Waals surface area contributed by atoms with Crippen molar-refractivity contribution in [1.29, 1.82) is 0 Å². The van der Waals surface area contributed by atoms with E-state index in [1.54, 1.807) is 36.4 Å². The molecule has 0 aliphatic rings. The molecule has 0 radical (unpaired) electrons. The monoisotopic (exact) mass is 275 g/mol. The Morgan fingerprint density at radius 3 is 1.86 bits per heavy atom. The molecule has 0 heterocycles. The molecule has 0 spiro atoms. The highest BCUT2D eigenvalue weighted by Gasteiger charge is 2.02. The number of carbonyl (C=O) groups is 1. The van der Waals surface area contributed by atoms with Crippen molar-refractivity contribution in [2.24, 2.45) is 0 Å². The molecule has 0 fully saturated rings. The normalized spacial score (nSPS) is 8.81. The summed E-state index contributed by atoms with van der Waals surface area (Å²) in [6.07, 6.45) is 0. The predicted octanol–water partition coefficient (Wildman–Crippen LogP) is 2.46. The topological polar surface area (TPSA) is 52.3 Å². The van der Waals surface area contributed by atoms with Gasteiger partial charge in [-0.15, -0.1) is 0 Å². The Kier molecular flexibility index (Phi) is 4.64. The summed E-state index contributed by atoms with van der Waals surface area (Å²) >= 11 is 0. The van der Waals surface area contributed by atoms with Crippen LogP contribution in [0.4, 0.5) is 5.69 Å². The molecule has 21 heavy (non-hydrogen) atoms. The van der Waals surface area contributed by atoms with Crippen LogP contribution in [0.2, 0.25) is 0 Å². The average Bonchev–Trinajstić information content (AvgIpc) is 2.53. The zero-order valence-electron chi connectivity index (χ0n) is 11.5. The molecule has 2 aromatic carbocycles. The van der Waals surface area contributed by atoms with E-state index in [4.69, 9.17) is 5.73 Å². The lowest BCUT2D eigenvalue weighted by Gasteiger charge is -1.97. The molecular weight excluding hydrogens is 262 g/mol. The number of benzene rings is 2. The quantitative estimate of drug-likeness (QED) is 0.494. The van der Waals surface area contributed by atoms with Crippen molar-refractivity contribution in [2.45, 2.75) is 0 Å². The van der Waals surface area contributed by atoms with Crippen molar-refractivity contribution in [2.75, 3.05) is 12.8 Å². The van der Waals surface area contributed by atoms with Gasteiger partial charge in [-0.05, 0) is 60.4 Å². The number of ether oxygens (including phenoxy) is 1. The van der Waals surface area contributed by atoms with Crippen LogP contribution in [0.1, 0.15) is 21.5 Å². The number of carbonyl (C=O) groups excluding carboxylic acids is 1. The van der Waals surface area contributed by atoms with Crippen LogP contribution in [0.15, 0.2) is 48.5 Å². The van der Waals surface area contributed by atoms with Crippen molar-refractivity contribution >= 4 is 11.7 Å². The number of nitrogen functional groups attached to an aromatic ring is 1. The largest absolute Gasteiger partial charge is 0.465 e. The maximum Gasteiger partial charge on any atom is 0.337 e. The Hall–Kier alpha value is -3.17. The summed E-state index contributed by atoms with van der Waals surface area (Å²) in [6, 6.07) is 14.1. The van der Waals surface area contributed by atoms with Crippen LogP contribution in [0.3, 0.4) is 0 Å². The summed E-state index contributed by atoms with van der Waals surface area (Å²) in [4.78, 5) is 11.3. The maximum absolute atomic E-state index is 11.3. The van der Waals surface area contributed by atoms with Gasteiger partial charge in [0.15, 0.2) is 0 Å². The first kappa shape index (κ1) is 14.2. The summed E-state index contributed by atoms with van der Waals surface area (Å²) in [7, 11) is 1.35. The summed E-state index contributed by atoms with van der Waals surface area (Å²) in [5.41, 5.74) is 8.44. The van der Waals surface area contributed by atoms with Crippen LogP contribution in [-0.4, -0.2) is 13.1 Å². The van der Waals surface area contributed by atoms with Crippen LogP contribution in [-0.2, 0) is 4.74 Å². The second kappa shape index (κ2) is 6.84. The van der Waals surface area contributed by atoms with Gasteiger partial charge >= 0.3 is 5.97 Å². The van der Waals surface area contributed by atoms with Crippen molar-refractivity contribution < 1.29 is 9.53 Å². The number of esters is 1. The van der Waals surface area contributed by atoms with E-state index in [1.165, 1.54) is 7.11 Å². The Morgan fingerprint density at radius 1 is 0.905 bits per heavy atom. The molecule has 0 unspecified atom stereocenters. The van der Waals surface area contributed by atoms with E-state index in [9.17, 15) is 4.79 Å². The molecule has 3 nitrogen and oxygen atoms in total. The molecule has 0 aliphatic heterocycles. The molecule has 0 aliphatic carbocycles. The molecule has 2 aromatic rings. The van der Waals surface area contributed by atoms with E-state index in [1.807, 2.05) is 12.1 Å². The summed E-state index contributed by atoms with van der Waals surface area (Å²) in [6.45, 7) is 0. The van der Waals surface area contributed by atoms with E-state index in [0.29, 0.717) is 11.3 Å². The third-order valence-corrected chi connectivity index (χ3v) is 2.69. The van der Waals surface area contributed by atoms with E-state index in [0.717, 1.165) is 11.1 Å². The lowest BCUT2D eigenvalue weighted by atomic mass is 10.1. The molecule has 2 N–H and O–H groups in total. The van der Waals surface area contributed by atoms with Gasteiger partial charge in [0.05, 0.1) is 12.7 Å². The highest BCUT2D eigenvalue weighted by atomic mass is 16.5. The summed E-state index contributed by atoms with van der Waals surface area (Å²) in [5, 5.41) is 0. The van der Waals surface area contributed by atoms with Crippen LogP contribution >= 0.6 is 0 Å². The lowest BCUT2D eigenvalue weighted by molar-refractivity contribution is 0.0601. The minimum Gasteiger partial charge on any atom is -0.465 e. The van der Waals surface area contributed by atoms with Gasteiger partial charge in [-0.2, -0.15) is 0 Å². The van der Waals surface area contributed by atoms with E-state index in [-0.39, 0.29) is 5.97 Å². The number of rotatable bonds is 1.